The highest BCUT2D eigenvalue weighted by Gasteiger charge is 2.40. The number of nitrogens with zero attached hydrogens (tertiary/aromatic N) is 2. The number of benzene rings is 1. The molecule has 1 aliphatic carbocycles. The fourth-order valence-electron chi connectivity index (χ4n) is 5.23. The van der Waals surface area contributed by atoms with Gasteiger partial charge in [-0.05, 0) is 61.8 Å². The first kappa shape index (κ1) is 18.7. The molecule has 3 heteroatoms. The van der Waals surface area contributed by atoms with Gasteiger partial charge in [-0.15, -0.1) is 0 Å². The van der Waals surface area contributed by atoms with Crippen LogP contribution in [-0.2, 0) is 11.2 Å². The van der Waals surface area contributed by atoms with E-state index < -0.39 is 0 Å². The van der Waals surface area contributed by atoms with Gasteiger partial charge in [0, 0.05) is 37.5 Å². The Balaban J connectivity index is 1.37. The third-order valence-corrected chi connectivity index (χ3v) is 6.95. The van der Waals surface area contributed by atoms with Crippen molar-refractivity contribution in [2.24, 2.45) is 17.8 Å². The Morgan fingerprint density at radius 1 is 1.19 bits per heavy atom. The molecule has 0 saturated carbocycles. The molecule has 1 aromatic rings. The lowest BCUT2D eigenvalue weighted by Crippen LogP contribution is -2.32. The number of carbonyl (C=O) groups is 1. The molecule has 2 aliphatic heterocycles. The monoisotopic (exact) mass is 366 g/mol. The SMILES string of the molecule is CC(C)C(=O)N1CC2CC=C(c3ccc(CCN4CCC[C@@H]4C)cc3)C2C1. The zero-order valence-electron chi connectivity index (χ0n) is 17.2. The number of rotatable bonds is 5. The highest BCUT2D eigenvalue weighted by atomic mass is 16.2. The van der Waals surface area contributed by atoms with E-state index in [1.807, 2.05) is 13.8 Å². The van der Waals surface area contributed by atoms with Crippen molar-refractivity contribution in [3.8, 4) is 0 Å². The number of hydrogen-bond acceptors (Lipinski definition) is 2. The highest BCUT2D eigenvalue weighted by Crippen LogP contribution is 2.43. The number of likely N-dealkylation sites (tertiary alicyclic amines) is 2. The van der Waals surface area contributed by atoms with Crippen molar-refractivity contribution in [3.63, 3.8) is 0 Å². The molecule has 0 aromatic heterocycles. The summed E-state index contributed by atoms with van der Waals surface area (Å²) in [6.45, 7) is 10.7. The maximum absolute atomic E-state index is 12.4. The van der Waals surface area contributed by atoms with E-state index in [-0.39, 0.29) is 5.92 Å². The van der Waals surface area contributed by atoms with Crippen LogP contribution in [-0.4, -0.2) is 47.9 Å². The molecule has 0 bridgehead atoms. The Hall–Kier alpha value is -1.61. The second kappa shape index (κ2) is 7.79. The molecule has 2 unspecified atom stereocenters. The summed E-state index contributed by atoms with van der Waals surface area (Å²) in [5.74, 6) is 1.58. The highest BCUT2D eigenvalue weighted by molar-refractivity contribution is 5.80. The summed E-state index contributed by atoms with van der Waals surface area (Å²) < 4.78 is 0. The van der Waals surface area contributed by atoms with Crippen molar-refractivity contribution in [2.75, 3.05) is 26.2 Å². The van der Waals surface area contributed by atoms with E-state index >= 15 is 0 Å². The molecule has 0 N–H and O–H groups in total. The van der Waals surface area contributed by atoms with Gasteiger partial charge < -0.3 is 9.80 Å². The van der Waals surface area contributed by atoms with Crippen molar-refractivity contribution in [2.45, 2.75) is 52.5 Å². The van der Waals surface area contributed by atoms with Gasteiger partial charge in [-0.2, -0.15) is 0 Å². The first-order valence-electron chi connectivity index (χ1n) is 10.8. The summed E-state index contributed by atoms with van der Waals surface area (Å²) >= 11 is 0. The molecule has 3 atom stereocenters. The maximum atomic E-state index is 12.4. The van der Waals surface area contributed by atoms with Gasteiger partial charge in [-0.1, -0.05) is 44.2 Å². The summed E-state index contributed by atoms with van der Waals surface area (Å²) in [5.41, 5.74) is 4.27. The number of carbonyl (C=O) groups excluding carboxylic acids is 1. The lowest BCUT2D eigenvalue weighted by Gasteiger charge is -2.21. The van der Waals surface area contributed by atoms with Crippen molar-refractivity contribution >= 4 is 11.5 Å². The van der Waals surface area contributed by atoms with Gasteiger partial charge in [0.25, 0.3) is 0 Å². The lowest BCUT2D eigenvalue weighted by atomic mass is 9.90. The molecule has 27 heavy (non-hydrogen) atoms. The summed E-state index contributed by atoms with van der Waals surface area (Å²) in [6, 6.07) is 10.0. The van der Waals surface area contributed by atoms with Crippen LogP contribution >= 0.6 is 0 Å². The van der Waals surface area contributed by atoms with Gasteiger partial charge in [0.2, 0.25) is 5.91 Å². The zero-order chi connectivity index (χ0) is 19.0. The first-order valence-corrected chi connectivity index (χ1v) is 10.8. The van der Waals surface area contributed by atoms with Crippen LogP contribution in [0.4, 0.5) is 0 Å². The Morgan fingerprint density at radius 3 is 2.63 bits per heavy atom. The van der Waals surface area contributed by atoms with Crippen molar-refractivity contribution < 1.29 is 4.79 Å². The van der Waals surface area contributed by atoms with Crippen molar-refractivity contribution in [1.29, 1.82) is 0 Å². The Bertz CT molecular complexity index is 706. The van der Waals surface area contributed by atoms with E-state index in [0.717, 1.165) is 32.0 Å². The number of allylic oxidation sites excluding steroid dienone is 1. The minimum Gasteiger partial charge on any atom is -0.342 e. The number of fused-ring (bicyclic) bond motifs is 1. The molecule has 2 fully saturated rings. The molecule has 0 radical (unpaired) electrons. The molecule has 146 valence electrons. The van der Waals surface area contributed by atoms with Crippen LogP contribution < -0.4 is 0 Å². The summed E-state index contributed by atoms with van der Waals surface area (Å²) in [7, 11) is 0. The first-order chi connectivity index (χ1) is 13.0. The van der Waals surface area contributed by atoms with Crippen LogP contribution in [0.25, 0.3) is 5.57 Å². The third-order valence-electron chi connectivity index (χ3n) is 6.95. The topological polar surface area (TPSA) is 23.6 Å². The molecule has 3 aliphatic rings. The quantitative estimate of drug-likeness (QED) is 0.778. The van der Waals surface area contributed by atoms with Crippen molar-refractivity contribution in [1.82, 2.24) is 9.80 Å². The van der Waals surface area contributed by atoms with Crippen molar-refractivity contribution in [3.05, 3.63) is 41.5 Å². The average molecular weight is 367 g/mol. The lowest BCUT2D eigenvalue weighted by molar-refractivity contribution is -0.133. The van der Waals surface area contributed by atoms with Crippen LogP contribution in [0.3, 0.4) is 0 Å². The molecule has 0 spiro atoms. The van der Waals surface area contributed by atoms with Gasteiger partial charge in [-0.3, -0.25) is 4.79 Å². The normalized spacial score (nSPS) is 28.1. The van der Waals surface area contributed by atoms with Crippen LogP contribution in [0.5, 0.6) is 0 Å². The van der Waals surface area contributed by atoms with Crippen LogP contribution in [0.15, 0.2) is 30.3 Å². The molecule has 3 nitrogen and oxygen atoms in total. The Morgan fingerprint density at radius 2 is 1.96 bits per heavy atom. The zero-order valence-corrected chi connectivity index (χ0v) is 17.2. The molecular weight excluding hydrogens is 332 g/mol. The predicted octanol–water partition coefficient (Wildman–Crippen LogP) is 4.23. The summed E-state index contributed by atoms with van der Waals surface area (Å²) in [6.07, 6.45) is 7.40. The smallest absolute Gasteiger partial charge is 0.225 e. The van der Waals surface area contributed by atoms with E-state index in [1.165, 1.54) is 42.6 Å². The van der Waals surface area contributed by atoms with Gasteiger partial charge in [0.05, 0.1) is 0 Å². The second-order valence-electron chi connectivity index (χ2n) is 9.13. The summed E-state index contributed by atoms with van der Waals surface area (Å²) in [5, 5.41) is 0. The van der Waals surface area contributed by atoms with Crippen LogP contribution in [0, 0.1) is 17.8 Å². The summed E-state index contributed by atoms with van der Waals surface area (Å²) in [4.78, 5) is 17.1. The predicted molar refractivity (Wildman–Crippen MR) is 111 cm³/mol. The largest absolute Gasteiger partial charge is 0.342 e. The van der Waals surface area contributed by atoms with Gasteiger partial charge in [0.1, 0.15) is 0 Å². The number of amides is 1. The van der Waals surface area contributed by atoms with Crippen LogP contribution in [0.2, 0.25) is 0 Å². The van der Waals surface area contributed by atoms with Crippen LogP contribution in [0.1, 0.15) is 51.2 Å². The van der Waals surface area contributed by atoms with E-state index in [4.69, 9.17) is 0 Å². The standard InChI is InChI=1S/C24H34N2O/c1-17(2)24(27)26-15-21-10-11-22(23(21)16-26)20-8-6-19(7-9-20)12-14-25-13-4-5-18(25)3/h6-9,11,17-18,21,23H,4-5,10,12-16H2,1-3H3/t18-,21?,23?/m0/s1. The molecule has 1 aromatic carbocycles. The average Bonchev–Trinajstić information content (AvgIpc) is 3.35. The van der Waals surface area contributed by atoms with Gasteiger partial charge in [-0.25, -0.2) is 0 Å². The minimum absolute atomic E-state index is 0.105. The van der Waals surface area contributed by atoms with Gasteiger partial charge >= 0.3 is 0 Å². The molecule has 2 saturated heterocycles. The third kappa shape index (κ3) is 3.85. The molecule has 1 amide bonds. The molecule has 2 heterocycles. The number of hydrogen-bond donors (Lipinski definition) is 0. The fourth-order valence-corrected chi connectivity index (χ4v) is 5.23. The fraction of sp³-hybridized carbons (Fsp3) is 0.625. The Labute approximate surface area is 164 Å². The van der Waals surface area contributed by atoms with E-state index in [0.29, 0.717) is 17.7 Å². The molecule has 4 rings (SSSR count). The maximum Gasteiger partial charge on any atom is 0.225 e. The Kier molecular flexibility index (Phi) is 5.41. The van der Waals surface area contributed by atoms with E-state index in [1.54, 1.807) is 0 Å². The van der Waals surface area contributed by atoms with E-state index in [9.17, 15) is 4.79 Å². The molecular formula is C24H34N2O. The van der Waals surface area contributed by atoms with Gasteiger partial charge in [0.15, 0.2) is 0 Å². The second-order valence-corrected chi connectivity index (χ2v) is 9.13. The van der Waals surface area contributed by atoms with E-state index in [2.05, 4.69) is 47.1 Å². The minimum atomic E-state index is 0.105.